The van der Waals surface area contributed by atoms with Crippen LogP contribution in [0, 0.1) is 20.8 Å². The van der Waals surface area contributed by atoms with Crippen LogP contribution in [0.1, 0.15) is 48.9 Å². The number of sulfonamides is 1. The van der Waals surface area contributed by atoms with E-state index >= 15 is 0 Å². The van der Waals surface area contributed by atoms with Gasteiger partial charge in [-0.1, -0.05) is 73.0 Å². The molecular weight excluding hydrogens is 546 g/mol. The van der Waals surface area contributed by atoms with E-state index in [2.05, 4.69) is 5.32 Å². The molecule has 40 heavy (non-hydrogen) atoms. The Morgan fingerprint density at radius 1 is 0.900 bits per heavy atom. The molecule has 2 amide bonds. The van der Waals surface area contributed by atoms with Gasteiger partial charge in [-0.2, -0.15) is 0 Å². The van der Waals surface area contributed by atoms with Gasteiger partial charge in [-0.05, 0) is 75.1 Å². The SMILES string of the molecule is CCCNC(=O)C(CC)N(Cc1ccc(Cl)cc1)C(=O)CN(c1ccc(C)cc1C)S(=O)(=O)c1ccc(C)cc1. The summed E-state index contributed by atoms with van der Waals surface area (Å²) in [6, 6.07) is 18.2. The van der Waals surface area contributed by atoms with Crippen molar-refractivity contribution in [3.05, 3.63) is 94.0 Å². The molecule has 0 saturated carbocycles. The van der Waals surface area contributed by atoms with Gasteiger partial charge in [0.05, 0.1) is 10.6 Å². The summed E-state index contributed by atoms with van der Waals surface area (Å²) in [5.41, 5.74) is 3.81. The van der Waals surface area contributed by atoms with E-state index in [0.717, 1.165) is 33.0 Å². The first-order valence-electron chi connectivity index (χ1n) is 13.5. The van der Waals surface area contributed by atoms with Crippen molar-refractivity contribution >= 4 is 39.1 Å². The average molecular weight is 584 g/mol. The molecule has 9 heteroatoms. The van der Waals surface area contributed by atoms with Gasteiger partial charge >= 0.3 is 0 Å². The highest BCUT2D eigenvalue weighted by Crippen LogP contribution is 2.28. The summed E-state index contributed by atoms with van der Waals surface area (Å²) in [7, 11) is -4.11. The number of benzene rings is 3. The molecular formula is C31H38ClN3O4S. The predicted molar refractivity (Wildman–Crippen MR) is 161 cm³/mol. The van der Waals surface area contributed by atoms with Crippen molar-refractivity contribution in [1.82, 2.24) is 10.2 Å². The Labute approximate surface area is 243 Å². The van der Waals surface area contributed by atoms with Gasteiger partial charge in [-0.15, -0.1) is 0 Å². The third-order valence-corrected chi connectivity index (χ3v) is 8.74. The Morgan fingerprint density at radius 2 is 1.52 bits per heavy atom. The number of hydrogen-bond acceptors (Lipinski definition) is 4. The van der Waals surface area contributed by atoms with E-state index in [1.807, 2.05) is 46.8 Å². The summed E-state index contributed by atoms with van der Waals surface area (Å²) >= 11 is 6.07. The summed E-state index contributed by atoms with van der Waals surface area (Å²) in [4.78, 5) is 28.8. The van der Waals surface area contributed by atoms with Gasteiger partial charge in [-0.3, -0.25) is 13.9 Å². The Morgan fingerprint density at radius 3 is 2.10 bits per heavy atom. The number of carbonyl (C=O) groups excluding carboxylic acids is 2. The number of amides is 2. The molecule has 3 aromatic carbocycles. The van der Waals surface area contributed by atoms with E-state index < -0.39 is 28.5 Å². The lowest BCUT2D eigenvalue weighted by Gasteiger charge is -2.33. The van der Waals surface area contributed by atoms with Crippen molar-refractivity contribution < 1.29 is 18.0 Å². The second-order valence-corrected chi connectivity index (χ2v) is 12.3. The molecule has 0 heterocycles. The Hall–Kier alpha value is -3.36. The number of nitrogens with one attached hydrogen (secondary N) is 1. The fourth-order valence-electron chi connectivity index (χ4n) is 4.51. The zero-order valence-electron chi connectivity index (χ0n) is 23.8. The van der Waals surface area contributed by atoms with E-state index in [4.69, 9.17) is 11.6 Å². The van der Waals surface area contributed by atoms with Crippen LogP contribution in [0.15, 0.2) is 71.6 Å². The number of rotatable bonds is 12. The highest BCUT2D eigenvalue weighted by atomic mass is 35.5. The van der Waals surface area contributed by atoms with Gasteiger partial charge in [0.25, 0.3) is 10.0 Å². The van der Waals surface area contributed by atoms with Crippen LogP contribution in [-0.4, -0.2) is 44.3 Å². The Bertz CT molecular complexity index is 1420. The molecule has 3 rings (SSSR count). The van der Waals surface area contributed by atoms with Gasteiger partial charge < -0.3 is 10.2 Å². The first-order chi connectivity index (χ1) is 19.0. The van der Waals surface area contributed by atoms with E-state index in [9.17, 15) is 18.0 Å². The maximum absolute atomic E-state index is 14.1. The number of anilines is 1. The molecule has 0 aromatic heterocycles. The monoisotopic (exact) mass is 583 g/mol. The zero-order valence-corrected chi connectivity index (χ0v) is 25.3. The predicted octanol–water partition coefficient (Wildman–Crippen LogP) is 5.79. The van der Waals surface area contributed by atoms with Crippen molar-refractivity contribution in [3.63, 3.8) is 0 Å². The molecule has 1 atom stereocenters. The molecule has 0 bridgehead atoms. The van der Waals surface area contributed by atoms with Crippen molar-refractivity contribution in [3.8, 4) is 0 Å². The van der Waals surface area contributed by atoms with Gasteiger partial charge in [-0.25, -0.2) is 8.42 Å². The van der Waals surface area contributed by atoms with Gasteiger partial charge in [0.2, 0.25) is 11.8 Å². The molecule has 3 aromatic rings. The average Bonchev–Trinajstić information content (AvgIpc) is 2.92. The third kappa shape index (κ3) is 7.64. The minimum atomic E-state index is -4.11. The normalized spacial score (nSPS) is 12.1. The molecule has 0 radical (unpaired) electrons. The van der Waals surface area contributed by atoms with Crippen molar-refractivity contribution in [2.45, 2.75) is 64.9 Å². The van der Waals surface area contributed by atoms with E-state index in [0.29, 0.717) is 23.7 Å². The molecule has 1 unspecified atom stereocenters. The molecule has 0 aliphatic rings. The first-order valence-corrected chi connectivity index (χ1v) is 15.3. The molecule has 1 N–H and O–H groups in total. The summed E-state index contributed by atoms with van der Waals surface area (Å²) in [6.07, 6.45) is 1.12. The second kappa shape index (κ2) is 13.8. The lowest BCUT2D eigenvalue weighted by Crippen LogP contribution is -2.52. The van der Waals surface area contributed by atoms with Gasteiger partial charge in [0.1, 0.15) is 12.6 Å². The largest absolute Gasteiger partial charge is 0.354 e. The fraction of sp³-hybridized carbons (Fsp3) is 0.355. The number of nitrogens with zero attached hydrogens (tertiary/aromatic N) is 2. The number of hydrogen-bond donors (Lipinski definition) is 1. The molecule has 0 aliphatic heterocycles. The highest BCUT2D eigenvalue weighted by molar-refractivity contribution is 7.92. The maximum atomic E-state index is 14.1. The van der Waals surface area contributed by atoms with Crippen molar-refractivity contribution in [2.24, 2.45) is 0 Å². The molecule has 0 fully saturated rings. The topological polar surface area (TPSA) is 86.8 Å². The van der Waals surface area contributed by atoms with Crippen LogP contribution in [0.25, 0.3) is 0 Å². The summed E-state index contributed by atoms with van der Waals surface area (Å²) in [6.45, 7) is 9.56. The minimum absolute atomic E-state index is 0.0860. The maximum Gasteiger partial charge on any atom is 0.264 e. The second-order valence-electron chi connectivity index (χ2n) is 9.98. The van der Waals surface area contributed by atoms with Crippen LogP contribution in [0.4, 0.5) is 5.69 Å². The molecule has 0 saturated heterocycles. The van der Waals surface area contributed by atoms with Crippen molar-refractivity contribution in [1.29, 1.82) is 0 Å². The minimum Gasteiger partial charge on any atom is -0.354 e. The van der Waals surface area contributed by atoms with E-state index in [-0.39, 0.29) is 17.3 Å². The Balaban J connectivity index is 2.08. The summed E-state index contributed by atoms with van der Waals surface area (Å²) < 4.78 is 29.2. The molecule has 7 nitrogen and oxygen atoms in total. The van der Waals surface area contributed by atoms with Crippen LogP contribution in [0.3, 0.4) is 0 Å². The Kier molecular flexibility index (Phi) is 10.8. The van der Waals surface area contributed by atoms with Crippen LogP contribution >= 0.6 is 11.6 Å². The first kappa shape index (κ1) is 31.2. The quantitative estimate of drug-likeness (QED) is 0.292. The van der Waals surface area contributed by atoms with E-state index in [1.165, 1.54) is 4.90 Å². The molecule has 0 spiro atoms. The van der Waals surface area contributed by atoms with Crippen LogP contribution in [-0.2, 0) is 26.2 Å². The smallest absolute Gasteiger partial charge is 0.264 e. The van der Waals surface area contributed by atoms with Crippen LogP contribution in [0.2, 0.25) is 5.02 Å². The summed E-state index contributed by atoms with van der Waals surface area (Å²) in [5, 5.41) is 3.44. The van der Waals surface area contributed by atoms with Crippen molar-refractivity contribution in [2.75, 3.05) is 17.4 Å². The lowest BCUT2D eigenvalue weighted by molar-refractivity contribution is -0.140. The molecule has 0 aliphatic carbocycles. The van der Waals surface area contributed by atoms with Gasteiger partial charge in [0.15, 0.2) is 0 Å². The standard InChI is InChI=1S/C31H38ClN3O4S/c1-6-18-33-31(37)28(7-2)34(20-25-11-13-26(32)14-12-25)30(36)21-35(29-17-10-23(4)19-24(29)5)40(38,39)27-15-8-22(3)9-16-27/h8-17,19,28H,6-7,18,20-21H2,1-5H3,(H,33,37). The van der Waals surface area contributed by atoms with Crippen LogP contribution < -0.4 is 9.62 Å². The molecule has 214 valence electrons. The number of halogens is 1. The fourth-order valence-corrected chi connectivity index (χ4v) is 6.11. The lowest BCUT2D eigenvalue weighted by atomic mass is 10.1. The number of aryl methyl sites for hydroxylation is 3. The third-order valence-electron chi connectivity index (χ3n) is 6.71. The van der Waals surface area contributed by atoms with Crippen LogP contribution in [0.5, 0.6) is 0 Å². The number of carbonyl (C=O) groups is 2. The summed E-state index contributed by atoms with van der Waals surface area (Å²) in [5.74, 6) is -0.754. The zero-order chi connectivity index (χ0) is 29.4. The van der Waals surface area contributed by atoms with Gasteiger partial charge in [0, 0.05) is 18.1 Å². The van der Waals surface area contributed by atoms with E-state index in [1.54, 1.807) is 54.6 Å². The highest BCUT2D eigenvalue weighted by Gasteiger charge is 2.34.